The van der Waals surface area contributed by atoms with Gasteiger partial charge in [0.15, 0.2) is 23.0 Å². The molecule has 1 saturated heterocycles. The predicted molar refractivity (Wildman–Crippen MR) is 120 cm³/mol. The molecule has 0 spiro atoms. The van der Waals surface area contributed by atoms with Gasteiger partial charge in [0.05, 0.1) is 30.2 Å². The van der Waals surface area contributed by atoms with Crippen LogP contribution in [0.1, 0.15) is 11.1 Å². The number of benzene rings is 2. The fourth-order valence-corrected chi connectivity index (χ4v) is 4.35. The lowest BCUT2D eigenvalue weighted by Crippen LogP contribution is -2.47. The molecule has 0 radical (unpaired) electrons. The number of aromatic hydroxyl groups is 1. The van der Waals surface area contributed by atoms with Gasteiger partial charge in [-0.25, -0.2) is 22.8 Å². The fourth-order valence-electron chi connectivity index (χ4n) is 4.35. The zero-order chi connectivity index (χ0) is 26.5. The molecular formula is C24H19F6N5O2. The van der Waals surface area contributed by atoms with Gasteiger partial charge < -0.3 is 14.7 Å². The molecule has 1 fully saturated rings. The van der Waals surface area contributed by atoms with E-state index < -0.39 is 34.7 Å². The first-order valence-electron chi connectivity index (χ1n) is 11.1. The van der Waals surface area contributed by atoms with Crippen LogP contribution in [-0.2, 0) is 24.4 Å². The minimum absolute atomic E-state index is 0.104. The van der Waals surface area contributed by atoms with E-state index in [9.17, 15) is 31.4 Å². The molecule has 0 bridgehead atoms. The Morgan fingerprint density at radius 2 is 1.84 bits per heavy atom. The van der Waals surface area contributed by atoms with Crippen molar-refractivity contribution in [2.24, 2.45) is 7.05 Å². The molecule has 4 aromatic rings. The number of rotatable bonds is 4. The number of hydrogen-bond donors (Lipinski definition) is 1. The number of anilines is 1. The summed E-state index contributed by atoms with van der Waals surface area (Å²) in [6.45, 7) is 1.20. The third kappa shape index (κ3) is 4.54. The van der Waals surface area contributed by atoms with Crippen LogP contribution in [0.15, 0.2) is 36.5 Å². The van der Waals surface area contributed by atoms with Crippen molar-refractivity contribution in [3.05, 3.63) is 65.1 Å². The van der Waals surface area contributed by atoms with Gasteiger partial charge in [-0.05, 0) is 30.2 Å². The third-order valence-electron chi connectivity index (χ3n) is 6.17. The maximum absolute atomic E-state index is 14.7. The molecule has 1 atom stereocenters. The van der Waals surface area contributed by atoms with E-state index in [1.54, 1.807) is 12.1 Å². The van der Waals surface area contributed by atoms with Gasteiger partial charge in [-0.15, -0.1) is 0 Å². The molecule has 0 saturated carbocycles. The monoisotopic (exact) mass is 523 g/mol. The van der Waals surface area contributed by atoms with Crippen molar-refractivity contribution >= 4 is 17.0 Å². The summed E-state index contributed by atoms with van der Waals surface area (Å²) >= 11 is 0. The average molecular weight is 523 g/mol. The second-order valence-corrected chi connectivity index (χ2v) is 8.58. The molecule has 5 rings (SSSR count). The van der Waals surface area contributed by atoms with Crippen molar-refractivity contribution in [2.45, 2.75) is 18.6 Å². The van der Waals surface area contributed by atoms with Crippen molar-refractivity contribution in [3.8, 4) is 17.0 Å². The number of phenols is 1. The average Bonchev–Trinajstić information content (AvgIpc) is 3.19. The minimum atomic E-state index is -5.17. The zero-order valence-corrected chi connectivity index (χ0v) is 19.2. The smallest absolute Gasteiger partial charge is 0.419 e. The van der Waals surface area contributed by atoms with Crippen LogP contribution in [0.4, 0.5) is 32.3 Å². The van der Waals surface area contributed by atoms with Gasteiger partial charge in [-0.3, -0.25) is 0 Å². The van der Waals surface area contributed by atoms with E-state index in [1.165, 1.54) is 30.1 Å². The molecule has 37 heavy (non-hydrogen) atoms. The number of phenolic OH excluding ortho intramolecular Hbond substituents is 1. The fraction of sp³-hybridized carbons (Fsp3) is 0.292. The molecule has 2 aromatic heterocycles. The van der Waals surface area contributed by atoms with Crippen LogP contribution in [0.25, 0.3) is 22.3 Å². The van der Waals surface area contributed by atoms with Gasteiger partial charge >= 0.3 is 6.18 Å². The highest BCUT2D eigenvalue weighted by atomic mass is 19.4. The molecule has 13 heteroatoms. The number of morpholine rings is 1. The van der Waals surface area contributed by atoms with Gasteiger partial charge in [-0.1, -0.05) is 12.1 Å². The summed E-state index contributed by atoms with van der Waals surface area (Å²) in [5, 5.41) is 13.9. The zero-order valence-electron chi connectivity index (χ0n) is 19.2. The lowest BCUT2D eigenvalue weighted by Gasteiger charge is -2.35. The van der Waals surface area contributed by atoms with E-state index in [-0.39, 0.29) is 40.6 Å². The number of halogens is 6. The van der Waals surface area contributed by atoms with Crippen molar-refractivity contribution in [2.75, 3.05) is 24.7 Å². The molecule has 0 amide bonds. The third-order valence-corrected chi connectivity index (χ3v) is 6.17. The van der Waals surface area contributed by atoms with Crippen LogP contribution in [0.3, 0.4) is 0 Å². The van der Waals surface area contributed by atoms with Crippen molar-refractivity contribution < 1.29 is 36.2 Å². The summed E-state index contributed by atoms with van der Waals surface area (Å²) in [6.07, 6.45) is -3.37. The van der Waals surface area contributed by atoms with E-state index >= 15 is 0 Å². The van der Waals surface area contributed by atoms with Crippen LogP contribution in [0, 0.1) is 17.5 Å². The summed E-state index contributed by atoms with van der Waals surface area (Å²) in [7, 11) is 1.46. The second kappa shape index (κ2) is 9.21. The number of ether oxygens (including phenoxy) is 1. The maximum Gasteiger partial charge on any atom is 0.419 e. The molecule has 1 N–H and O–H groups in total. The summed E-state index contributed by atoms with van der Waals surface area (Å²) in [6, 6.07) is 6.13. The van der Waals surface area contributed by atoms with Crippen LogP contribution >= 0.6 is 0 Å². The molecular weight excluding hydrogens is 504 g/mol. The van der Waals surface area contributed by atoms with Crippen LogP contribution < -0.4 is 4.90 Å². The topological polar surface area (TPSA) is 76.3 Å². The molecule has 2 aromatic carbocycles. The quantitative estimate of drug-likeness (QED) is 0.394. The molecule has 3 heterocycles. The van der Waals surface area contributed by atoms with Crippen LogP contribution in [-0.4, -0.2) is 50.7 Å². The Kier molecular flexibility index (Phi) is 6.18. The summed E-state index contributed by atoms with van der Waals surface area (Å²) in [4.78, 5) is 10.7. The first kappa shape index (κ1) is 24.8. The maximum atomic E-state index is 14.7. The highest BCUT2D eigenvalue weighted by Gasteiger charge is 2.38. The molecule has 0 aliphatic carbocycles. The van der Waals surface area contributed by atoms with Crippen molar-refractivity contribution in [3.63, 3.8) is 0 Å². The number of nitrogens with zero attached hydrogens (tertiary/aromatic N) is 5. The number of hydrogen-bond acceptors (Lipinski definition) is 6. The largest absolute Gasteiger partial charge is 0.503 e. The normalized spacial score (nSPS) is 16.5. The van der Waals surface area contributed by atoms with Gasteiger partial charge in [0.25, 0.3) is 0 Å². The molecule has 0 unspecified atom stereocenters. The van der Waals surface area contributed by atoms with Gasteiger partial charge in [0.2, 0.25) is 5.95 Å². The SMILES string of the molecule is Cn1nc(-c2cc(C(F)(F)F)c(F)c(O)c2F)c2cnc(N3CCOC[C@H]3Cc3ccc(F)cc3)nc21. The van der Waals surface area contributed by atoms with E-state index in [2.05, 4.69) is 15.1 Å². The Hall–Kier alpha value is -3.87. The summed E-state index contributed by atoms with van der Waals surface area (Å²) < 4.78 is 88.7. The van der Waals surface area contributed by atoms with Gasteiger partial charge in [-0.2, -0.15) is 23.3 Å². The van der Waals surface area contributed by atoms with Gasteiger partial charge in [0.1, 0.15) is 11.5 Å². The second-order valence-electron chi connectivity index (χ2n) is 8.58. The molecule has 1 aliphatic heterocycles. The molecule has 1 aliphatic rings. The Balaban J connectivity index is 1.55. The standard InChI is InChI=1S/C24H19F6N5O2/c1-34-22-16(20(33-34)15-9-17(24(28,29)30)19(27)21(36)18(15)26)10-31-23(32-22)35-6-7-37-11-14(35)8-12-2-4-13(25)5-3-12/h2-5,9-10,14,36H,6-8,11H2,1H3/t14-/m1/s1. The Morgan fingerprint density at radius 1 is 1.11 bits per heavy atom. The van der Waals surface area contributed by atoms with Crippen LogP contribution in [0.2, 0.25) is 0 Å². The van der Waals surface area contributed by atoms with E-state index in [1.807, 2.05) is 4.90 Å². The molecule has 194 valence electrons. The lowest BCUT2D eigenvalue weighted by atomic mass is 10.0. The van der Waals surface area contributed by atoms with Crippen molar-refractivity contribution in [1.82, 2.24) is 19.7 Å². The minimum Gasteiger partial charge on any atom is -0.503 e. The number of alkyl halides is 3. The highest BCUT2D eigenvalue weighted by molar-refractivity contribution is 5.91. The Bertz CT molecular complexity index is 1470. The van der Waals surface area contributed by atoms with Crippen LogP contribution in [0.5, 0.6) is 5.75 Å². The highest BCUT2D eigenvalue weighted by Crippen LogP contribution is 2.41. The number of fused-ring (bicyclic) bond motifs is 1. The number of aromatic nitrogens is 4. The van der Waals surface area contributed by atoms with Crippen molar-refractivity contribution in [1.29, 1.82) is 0 Å². The predicted octanol–water partition coefficient (Wildman–Crippen LogP) is 4.62. The summed E-state index contributed by atoms with van der Waals surface area (Å²) in [5.74, 6) is -5.50. The first-order valence-corrected chi connectivity index (χ1v) is 11.1. The van der Waals surface area contributed by atoms with E-state index in [0.717, 1.165) is 5.56 Å². The molecule has 7 nitrogen and oxygen atoms in total. The first-order chi connectivity index (χ1) is 17.5. The Labute approximate surface area is 205 Å². The van der Waals surface area contributed by atoms with E-state index in [4.69, 9.17) is 4.74 Å². The van der Waals surface area contributed by atoms with E-state index in [0.29, 0.717) is 26.2 Å². The lowest BCUT2D eigenvalue weighted by molar-refractivity contribution is -0.140. The Morgan fingerprint density at radius 3 is 2.54 bits per heavy atom. The summed E-state index contributed by atoms with van der Waals surface area (Å²) in [5.41, 5.74) is -1.79. The number of aryl methyl sites for hydroxylation is 1. The van der Waals surface area contributed by atoms with Gasteiger partial charge in [0, 0.05) is 25.4 Å².